The molecule has 3 rings (SSSR count). The van der Waals surface area contributed by atoms with Crippen LogP contribution >= 0.6 is 0 Å². The summed E-state index contributed by atoms with van der Waals surface area (Å²) in [5.41, 5.74) is 1.49. The first-order chi connectivity index (χ1) is 8.86. The van der Waals surface area contributed by atoms with Gasteiger partial charge in [-0.2, -0.15) is 0 Å². The lowest BCUT2D eigenvalue weighted by Crippen LogP contribution is -2.40. The van der Waals surface area contributed by atoms with Crippen LogP contribution in [0.15, 0.2) is 30.3 Å². The SMILES string of the molecule is CCC1CC(NC2CC2c2ccccc2)CCO1. The highest BCUT2D eigenvalue weighted by atomic mass is 16.5. The van der Waals surface area contributed by atoms with Crippen LogP contribution in [-0.4, -0.2) is 24.8 Å². The maximum absolute atomic E-state index is 5.73. The number of nitrogens with one attached hydrogen (secondary N) is 1. The van der Waals surface area contributed by atoms with Crippen molar-refractivity contribution in [2.45, 2.75) is 56.7 Å². The Morgan fingerprint density at radius 2 is 2.06 bits per heavy atom. The van der Waals surface area contributed by atoms with Crippen molar-refractivity contribution in [2.75, 3.05) is 6.61 Å². The quantitative estimate of drug-likeness (QED) is 0.880. The van der Waals surface area contributed by atoms with Gasteiger partial charge in [0.05, 0.1) is 6.10 Å². The Hall–Kier alpha value is -0.860. The molecule has 4 atom stereocenters. The second kappa shape index (κ2) is 5.41. The summed E-state index contributed by atoms with van der Waals surface area (Å²) in [5.74, 6) is 0.745. The predicted molar refractivity (Wildman–Crippen MR) is 73.8 cm³/mol. The first kappa shape index (κ1) is 12.2. The van der Waals surface area contributed by atoms with Gasteiger partial charge in [0.2, 0.25) is 0 Å². The number of rotatable bonds is 4. The molecule has 1 aliphatic heterocycles. The average Bonchev–Trinajstić information content (AvgIpc) is 3.19. The maximum Gasteiger partial charge on any atom is 0.0587 e. The van der Waals surface area contributed by atoms with E-state index in [9.17, 15) is 0 Å². The molecule has 1 aromatic carbocycles. The highest BCUT2D eigenvalue weighted by molar-refractivity contribution is 5.27. The highest BCUT2D eigenvalue weighted by Gasteiger charge is 2.39. The van der Waals surface area contributed by atoms with Crippen molar-refractivity contribution < 1.29 is 4.74 Å². The molecular weight excluding hydrogens is 222 g/mol. The van der Waals surface area contributed by atoms with Gasteiger partial charge < -0.3 is 10.1 Å². The molecule has 2 heteroatoms. The molecule has 0 bridgehead atoms. The normalized spacial score (nSPS) is 35.4. The number of hydrogen-bond acceptors (Lipinski definition) is 2. The molecule has 1 heterocycles. The summed E-state index contributed by atoms with van der Waals surface area (Å²) in [5, 5.41) is 3.83. The summed E-state index contributed by atoms with van der Waals surface area (Å²) in [6, 6.07) is 12.3. The van der Waals surface area contributed by atoms with Gasteiger partial charge in [-0.3, -0.25) is 0 Å². The van der Waals surface area contributed by atoms with Gasteiger partial charge in [0.1, 0.15) is 0 Å². The van der Waals surface area contributed by atoms with Crippen LogP contribution in [0.4, 0.5) is 0 Å². The van der Waals surface area contributed by atoms with Gasteiger partial charge in [0, 0.05) is 24.6 Å². The fraction of sp³-hybridized carbons (Fsp3) is 0.625. The minimum absolute atomic E-state index is 0.477. The van der Waals surface area contributed by atoms with Crippen molar-refractivity contribution >= 4 is 0 Å². The Labute approximate surface area is 110 Å². The van der Waals surface area contributed by atoms with E-state index in [-0.39, 0.29) is 0 Å². The van der Waals surface area contributed by atoms with Gasteiger partial charge in [-0.1, -0.05) is 37.3 Å². The van der Waals surface area contributed by atoms with Gasteiger partial charge >= 0.3 is 0 Å². The fourth-order valence-electron chi connectivity index (χ4n) is 3.07. The van der Waals surface area contributed by atoms with E-state index in [1.54, 1.807) is 0 Å². The molecule has 1 saturated carbocycles. The number of hydrogen-bond donors (Lipinski definition) is 1. The summed E-state index contributed by atoms with van der Waals surface area (Å²) in [4.78, 5) is 0. The van der Waals surface area contributed by atoms with Crippen molar-refractivity contribution in [1.29, 1.82) is 0 Å². The summed E-state index contributed by atoms with van der Waals surface area (Å²) in [6.07, 6.45) is 5.29. The van der Waals surface area contributed by atoms with Crippen LogP contribution in [0, 0.1) is 0 Å². The molecule has 18 heavy (non-hydrogen) atoms. The summed E-state index contributed by atoms with van der Waals surface area (Å²) in [6.45, 7) is 3.15. The Kier molecular flexibility index (Phi) is 3.67. The molecule has 1 saturated heterocycles. The van der Waals surface area contributed by atoms with Crippen molar-refractivity contribution in [2.24, 2.45) is 0 Å². The third-order valence-corrected chi connectivity index (χ3v) is 4.29. The Bertz CT molecular complexity index is 378. The first-order valence-corrected chi connectivity index (χ1v) is 7.29. The van der Waals surface area contributed by atoms with E-state index < -0.39 is 0 Å². The minimum atomic E-state index is 0.477. The van der Waals surface area contributed by atoms with E-state index in [0.29, 0.717) is 18.2 Å². The lowest BCUT2D eigenvalue weighted by molar-refractivity contribution is -0.000396. The highest BCUT2D eigenvalue weighted by Crippen LogP contribution is 2.41. The molecule has 98 valence electrons. The van der Waals surface area contributed by atoms with Crippen molar-refractivity contribution in [3.05, 3.63) is 35.9 Å². The first-order valence-electron chi connectivity index (χ1n) is 7.29. The second-order valence-corrected chi connectivity index (χ2v) is 5.65. The van der Waals surface area contributed by atoms with E-state index in [2.05, 4.69) is 42.6 Å². The molecule has 2 aliphatic rings. The van der Waals surface area contributed by atoms with Gasteiger partial charge in [0.25, 0.3) is 0 Å². The zero-order chi connectivity index (χ0) is 12.4. The van der Waals surface area contributed by atoms with Gasteiger partial charge in [-0.15, -0.1) is 0 Å². The molecular formula is C16H23NO. The van der Waals surface area contributed by atoms with Crippen LogP contribution in [0.3, 0.4) is 0 Å². The molecule has 2 nitrogen and oxygen atoms in total. The zero-order valence-electron chi connectivity index (χ0n) is 11.1. The minimum Gasteiger partial charge on any atom is -0.378 e. The Morgan fingerprint density at radius 1 is 1.22 bits per heavy atom. The fourth-order valence-corrected chi connectivity index (χ4v) is 3.07. The molecule has 4 unspecified atom stereocenters. The predicted octanol–water partition coefficient (Wildman–Crippen LogP) is 3.09. The third-order valence-electron chi connectivity index (χ3n) is 4.29. The summed E-state index contributed by atoms with van der Waals surface area (Å²) < 4.78 is 5.73. The molecule has 0 amide bonds. The third kappa shape index (κ3) is 2.76. The van der Waals surface area contributed by atoms with E-state index in [1.165, 1.54) is 24.8 Å². The number of benzene rings is 1. The monoisotopic (exact) mass is 245 g/mol. The van der Waals surface area contributed by atoms with Gasteiger partial charge in [0.15, 0.2) is 0 Å². The second-order valence-electron chi connectivity index (χ2n) is 5.65. The molecule has 1 aliphatic carbocycles. The summed E-state index contributed by atoms with van der Waals surface area (Å²) in [7, 11) is 0. The van der Waals surface area contributed by atoms with Crippen LogP contribution in [0.25, 0.3) is 0 Å². The topological polar surface area (TPSA) is 21.3 Å². The largest absolute Gasteiger partial charge is 0.378 e. The van der Waals surface area contributed by atoms with E-state index in [4.69, 9.17) is 4.74 Å². The summed E-state index contributed by atoms with van der Waals surface area (Å²) >= 11 is 0. The van der Waals surface area contributed by atoms with Crippen LogP contribution in [0.1, 0.15) is 44.1 Å². The number of ether oxygens (including phenoxy) is 1. The lowest BCUT2D eigenvalue weighted by atomic mass is 10.0. The maximum atomic E-state index is 5.73. The molecule has 0 spiro atoms. The Balaban J connectivity index is 1.50. The van der Waals surface area contributed by atoms with Crippen molar-refractivity contribution in [3.63, 3.8) is 0 Å². The van der Waals surface area contributed by atoms with Crippen molar-refractivity contribution in [1.82, 2.24) is 5.32 Å². The molecule has 1 aromatic rings. The van der Waals surface area contributed by atoms with Gasteiger partial charge in [-0.25, -0.2) is 0 Å². The van der Waals surface area contributed by atoms with Crippen LogP contribution in [-0.2, 0) is 4.74 Å². The Morgan fingerprint density at radius 3 is 2.83 bits per heavy atom. The lowest BCUT2D eigenvalue weighted by Gasteiger charge is -2.29. The standard InChI is InChI=1S/C16H23NO/c1-2-14-10-13(8-9-18-14)17-16-11-15(16)12-6-4-3-5-7-12/h3-7,13-17H,2,8-11H2,1H3. The molecule has 2 fully saturated rings. The van der Waals surface area contributed by atoms with Crippen LogP contribution < -0.4 is 5.32 Å². The molecule has 0 aromatic heterocycles. The van der Waals surface area contributed by atoms with E-state index in [1.807, 2.05) is 0 Å². The van der Waals surface area contributed by atoms with E-state index >= 15 is 0 Å². The van der Waals surface area contributed by atoms with Crippen LogP contribution in [0.5, 0.6) is 0 Å². The van der Waals surface area contributed by atoms with Gasteiger partial charge in [-0.05, 0) is 31.2 Å². The smallest absolute Gasteiger partial charge is 0.0587 e. The zero-order valence-corrected chi connectivity index (χ0v) is 11.1. The van der Waals surface area contributed by atoms with Crippen LogP contribution in [0.2, 0.25) is 0 Å². The average molecular weight is 245 g/mol. The van der Waals surface area contributed by atoms with E-state index in [0.717, 1.165) is 18.9 Å². The molecule has 1 N–H and O–H groups in total. The molecule has 0 radical (unpaired) electrons. The van der Waals surface area contributed by atoms with Crippen molar-refractivity contribution in [3.8, 4) is 0 Å².